The number of halogens is 4. The van der Waals surface area contributed by atoms with Crippen molar-refractivity contribution in [3.8, 4) is 17.5 Å². The van der Waals surface area contributed by atoms with Crippen LogP contribution in [0.3, 0.4) is 0 Å². The molecule has 4 rings (SSSR count). The van der Waals surface area contributed by atoms with Gasteiger partial charge in [0.1, 0.15) is 40.3 Å². The average molecular weight is 1070 g/mol. The second-order valence-corrected chi connectivity index (χ2v) is 19.6. The normalized spacial score (nSPS) is 11.6. The summed E-state index contributed by atoms with van der Waals surface area (Å²) in [6, 6.07) is 5.21. The molecule has 33 heteroatoms. The number of aromatic nitrogens is 3. The van der Waals surface area contributed by atoms with Crippen molar-refractivity contribution in [1.29, 1.82) is 0 Å². The predicted molar refractivity (Wildman–Crippen MR) is 234 cm³/mol. The van der Waals surface area contributed by atoms with E-state index in [4.69, 9.17) is 40.9 Å². The first-order valence-corrected chi connectivity index (χ1v) is 24.9. The molecule has 0 aliphatic carbocycles. The number of carbonyl (C=O) groups is 5. The molecule has 0 saturated heterocycles. The molecule has 2 amide bonds. The Labute approximate surface area is 395 Å². The molecule has 0 aliphatic rings. The summed E-state index contributed by atoms with van der Waals surface area (Å²) in [5.74, 6) is -4.93. The third-order valence-corrected chi connectivity index (χ3v) is 9.88. The van der Waals surface area contributed by atoms with Crippen molar-refractivity contribution in [3.63, 3.8) is 0 Å². The number of rotatable bonds is 16. The maximum atomic E-state index is 12.7. The minimum atomic E-state index is -4.61. The van der Waals surface area contributed by atoms with Gasteiger partial charge in [-0.1, -0.05) is 11.6 Å². The van der Waals surface area contributed by atoms with Crippen LogP contribution in [-0.2, 0) is 50.7 Å². The first-order valence-electron chi connectivity index (χ1n) is 17.9. The number of anilines is 1. The van der Waals surface area contributed by atoms with E-state index in [0.717, 1.165) is 47.7 Å². The Morgan fingerprint density at radius 2 is 1.65 bits per heavy atom. The van der Waals surface area contributed by atoms with E-state index in [-0.39, 0.29) is 40.9 Å². The molecule has 0 saturated carbocycles. The van der Waals surface area contributed by atoms with Gasteiger partial charge >= 0.3 is 42.1 Å². The number of nitro benzene ring substituents is 1. The Bertz CT molecular complexity index is 2580. The van der Waals surface area contributed by atoms with Gasteiger partial charge in [-0.05, 0) is 60.5 Å². The monoisotopic (exact) mass is 1070 g/mol. The summed E-state index contributed by atoms with van der Waals surface area (Å²) in [6.07, 6.45) is 1.27. The van der Waals surface area contributed by atoms with Gasteiger partial charge in [-0.25, -0.2) is 32.3 Å². The minimum Gasteiger partial charge on any atom is -0.778 e. The van der Waals surface area contributed by atoms with E-state index in [2.05, 4.69) is 43.8 Å². The molecule has 0 radical (unpaired) electrons. The largest absolute Gasteiger partial charge is 0.778 e. The fourth-order valence-corrected chi connectivity index (χ4v) is 6.85. The summed E-state index contributed by atoms with van der Waals surface area (Å²) in [4.78, 5) is 94.8. The third-order valence-electron chi connectivity index (χ3n) is 6.56. The van der Waals surface area contributed by atoms with Gasteiger partial charge in [0, 0.05) is 12.1 Å². The average Bonchev–Trinajstić information content (AvgIpc) is 3.72. The number of carbonyl (C=O) groups excluding carboxylic acids is 3. The quantitative estimate of drug-likeness (QED) is 0.0305. The van der Waals surface area contributed by atoms with Gasteiger partial charge < -0.3 is 43.5 Å². The fraction of sp³-hybridized carbons (Fsp3) is 0.314. The molecule has 2 aromatic heterocycles. The van der Waals surface area contributed by atoms with Gasteiger partial charge in [0.25, 0.3) is 15.7 Å². The molecular weight excluding hydrogens is 1030 g/mol. The van der Waals surface area contributed by atoms with Crippen LogP contribution in [0.5, 0.6) is 17.5 Å². The molecular formula is C35H40ClF3N7O18PS3. The van der Waals surface area contributed by atoms with Crippen LogP contribution in [0.4, 0.5) is 29.6 Å². The number of alkyl halides is 3. The van der Waals surface area contributed by atoms with Crippen molar-refractivity contribution in [2.24, 2.45) is 0 Å². The van der Waals surface area contributed by atoms with Crippen LogP contribution in [-0.4, -0.2) is 125 Å². The molecule has 25 nitrogen and oxygen atoms in total. The van der Waals surface area contributed by atoms with E-state index < -0.39 is 105 Å². The van der Waals surface area contributed by atoms with Crippen LogP contribution in [0.25, 0.3) is 0 Å². The Balaban J connectivity index is 0.000000539. The number of carboxylic acids is 2. The molecule has 1 atom stereocenters. The number of carboxylic acid groups (broad SMARTS) is 2. The summed E-state index contributed by atoms with van der Waals surface area (Å²) in [5.41, 5.74) is -2.16. The number of benzene rings is 2. The third kappa shape index (κ3) is 22.5. The van der Waals surface area contributed by atoms with Crippen molar-refractivity contribution < 1.29 is 94.0 Å². The van der Waals surface area contributed by atoms with Crippen LogP contribution >= 0.6 is 30.5 Å². The highest BCUT2D eigenvalue weighted by atomic mass is 35.5. The number of aliphatic carboxylic acids is 1. The van der Waals surface area contributed by atoms with Crippen molar-refractivity contribution >= 4 is 93.0 Å². The zero-order chi connectivity index (χ0) is 52.2. The summed E-state index contributed by atoms with van der Waals surface area (Å²) < 4.78 is 93.4. The minimum absolute atomic E-state index is 0.0493. The Hall–Kier alpha value is -6.21. The topological polar surface area (TPSA) is 375 Å². The first-order chi connectivity index (χ1) is 31.4. The number of thiophene rings is 1. The smallest absolute Gasteiger partial charge is 0.416 e. The molecule has 374 valence electrons. The van der Waals surface area contributed by atoms with Crippen molar-refractivity contribution in [1.82, 2.24) is 25.0 Å². The van der Waals surface area contributed by atoms with E-state index in [1.807, 2.05) is 5.32 Å². The summed E-state index contributed by atoms with van der Waals surface area (Å²) in [5, 5.41) is 33.1. The molecule has 1 unspecified atom stereocenters. The molecule has 2 aromatic carbocycles. The van der Waals surface area contributed by atoms with Gasteiger partial charge in [-0.3, -0.25) is 25.5 Å². The van der Waals surface area contributed by atoms with Crippen molar-refractivity contribution in [2.75, 3.05) is 57.2 Å². The molecule has 0 fully saturated rings. The lowest BCUT2D eigenvalue weighted by Gasteiger charge is -2.14. The highest BCUT2D eigenvalue weighted by Gasteiger charge is 2.31. The number of aryl methyl sites for hydroxylation is 1. The molecule has 0 aliphatic heterocycles. The number of hydrogen-bond acceptors (Lipinski definition) is 20. The van der Waals surface area contributed by atoms with Gasteiger partial charge in [-0.15, -0.1) is 11.3 Å². The van der Waals surface area contributed by atoms with Gasteiger partial charge in [0.05, 0.1) is 60.8 Å². The predicted octanol–water partition coefficient (Wildman–Crippen LogP) is 3.90. The van der Waals surface area contributed by atoms with E-state index >= 15 is 0 Å². The highest BCUT2D eigenvalue weighted by Crippen LogP contribution is 2.37. The van der Waals surface area contributed by atoms with Crippen LogP contribution in [0, 0.1) is 17.0 Å². The maximum absolute atomic E-state index is 12.7. The second-order valence-electron chi connectivity index (χ2n) is 12.6. The number of urea groups is 1. The molecule has 68 heavy (non-hydrogen) atoms. The SMILES string of the molecule is CCOC(=O)COC(=O)c1cc(Oc2ccc(C(F)(F)F)cc2Cl)ccc1[N+](=O)[O-].COc1nc(C)nc(NC(=O)NS(=O)(=O)c2ccsc2C(=O)O)n1.C[S+](C)C.O=C(O)CNCP(=O)([O-])O. The maximum Gasteiger partial charge on any atom is 0.416 e. The number of nitro groups is 1. The lowest BCUT2D eigenvalue weighted by molar-refractivity contribution is -0.385. The zero-order valence-corrected chi connectivity index (χ0v) is 40.0. The number of sulfonamides is 1. The second kappa shape index (κ2) is 27.6. The molecule has 0 bridgehead atoms. The Morgan fingerprint density at radius 3 is 2.16 bits per heavy atom. The Kier molecular flexibility index (Phi) is 24.2. The summed E-state index contributed by atoms with van der Waals surface area (Å²) in [7, 11) is -6.77. The van der Waals surface area contributed by atoms with E-state index in [1.165, 1.54) is 26.3 Å². The van der Waals surface area contributed by atoms with E-state index in [1.54, 1.807) is 4.72 Å². The van der Waals surface area contributed by atoms with Gasteiger partial charge in [-0.2, -0.15) is 28.1 Å². The van der Waals surface area contributed by atoms with Crippen LogP contribution < -0.4 is 29.7 Å². The number of esters is 2. The number of ether oxygens (including phenoxy) is 4. The zero-order valence-electron chi connectivity index (χ0n) is 35.9. The number of nitrogens with one attached hydrogen (secondary N) is 3. The molecule has 4 aromatic rings. The van der Waals surface area contributed by atoms with Crippen molar-refractivity contribution in [2.45, 2.75) is 24.9 Å². The van der Waals surface area contributed by atoms with Crippen LogP contribution in [0.1, 0.15) is 38.3 Å². The lowest BCUT2D eigenvalue weighted by atomic mass is 10.1. The number of methoxy groups -OCH3 is 1. The number of hydrogen-bond donors (Lipinski definition) is 6. The molecule has 6 N–H and O–H groups in total. The van der Waals surface area contributed by atoms with Crippen molar-refractivity contribution in [3.05, 3.63) is 84.8 Å². The number of nitrogens with zero attached hydrogens (tertiary/aromatic N) is 4. The number of aromatic carboxylic acids is 1. The van der Waals surface area contributed by atoms with Crippen LogP contribution in [0.2, 0.25) is 5.02 Å². The Morgan fingerprint density at radius 1 is 1.01 bits per heavy atom. The van der Waals surface area contributed by atoms with E-state index in [9.17, 15) is 65.1 Å². The number of amides is 2. The van der Waals surface area contributed by atoms with Gasteiger partial charge in [0.15, 0.2) is 6.61 Å². The fourth-order valence-electron chi connectivity index (χ4n) is 4.07. The molecule has 0 spiro atoms. The van der Waals surface area contributed by atoms with Crippen LogP contribution in [0.15, 0.2) is 52.7 Å². The highest BCUT2D eigenvalue weighted by molar-refractivity contribution is 7.94. The summed E-state index contributed by atoms with van der Waals surface area (Å²) in [6.45, 7) is 1.87. The van der Waals surface area contributed by atoms with E-state index in [0.29, 0.717) is 17.0 Å². The first kappa shape index (κ1) is 59.8. The van der Waals surface area contributed by atoms with Gasteiger partial charge in [0.2, 0.25) is 5.95 Å². The lowest BCUT2D eigenvalue weighted by Crippen LogP contribution is -2.35. The summed E-state index contributed by atoms with van der Waals surface area (Å²) >= 11 is 6.53. The standard InChI is InChI=1S/C18H13ClF3NO7.C11H11N5O6S2.C3H8NO5P.C3H9S/c1-2-28-16(24)9-29-17(25)12-8-11(4-5-14(12)23(26)27)30-15-6-3-10(7-13(15)19)18(20,21)22;1-5-12-9(15-11(13-5)22-2)14-10(19)16-24(20,21)6-3-4-23-7(6)8(17)18;5-3(6)1-4-2-10(7,8)9;1-4(2)3/h3-8H,2,9H2,1H3;3-4H,1-2H3,(H,17,18)(H2,12,13,14,15,16,19);4H,1-2H2,(H,5,6)(H2,7,8,9);1-3H3/q;;;+1/p-1. The molecule has 2 heterocycles.